The molecule has 0 aliphatic carbocycles. The molecule has 22 heavy (non-hydrogen) atoms. The maximum Gasteiger partial charge on any atom is 0.419 e. The van der Waals surface area contributed by atoms with E-state index in [2.05, 4.69) is 10.3 Å². The van der Waals surface area contributed by atoms with E-state index in [1.165, 1.54) is 5.38 Å². The van der Waals surface area contributed by atoms with Crippen LogP contribution in [0.2, 0.25) is 0 Å². The number of thiophene rings is 1. The van der Waals surface area contributed by atoms with Gasteiger partial charge in [-0.15, -0.1) is 11.3 Å². The van der Waals surface area contributed by atoms with Gasteiger partial charge >= 0.3 is 12.1 Å². The molecule has 2 aromatic heterocycles. The van der Waals surface area contributed by atoms with Crippen molar-refractivity contribution in [3.63, 3.8) is 0 Å². The van der Waals surface area contributed by atoms with Crippen LogP contribution in [0, 0.1) is 0 Å². The van der Waals surface area contributed by atoms with Crippen molar-refractivity contribution < 1.29 is 23.1 Å². The average Bonchev–Trinajstić information content (AvgIpc) is 2.90. The van der Waals surface area contributed by atoms with Crippen LogP contribution in [0.4, 0.5) is 18.9 Å². The van der Waals surface area contributed by atoms with Crippen LogP contribution in [0.1, 0.15) is 15.9 Å². The third-order valence-corrected chi connectivity index (χ3v) is 4.52. The number of halogens is 3. The van der Waals surface area contributed by atoms with E-state index in [0.717, 1.165) is 17.5 Å². The van der Waals surface area contributed by atoms with Crippen LogP contribution in [-0.2, 0) is 6.18 Å². The van der Waals surface area contributed by atoms with Crippen LogP contribution in [0.15, 0.2) is 11.6 Å². The minimum Gasteiger partial charge on any atom is -0.478 e. The van der Waals surface area contributed by atoms with E-state index in [1.54, 1.807) is 4.90 Å². The predicted octanol–water partition coefficient (Wildman–Crippen LogP) is 2.42. The highest BCUT2D eigenvalue weighted by molar-refractivity contribution is 7.17. The van der Waals surface area contributed by atoms with E-state index in [0.29, 0.717) is 26.2 Å². The summed E-state index contributed by atoms with van der Waals surface area (Å²) < 4.78 is 40.5. The highest BCUT2D eigenvalue weighted by Gasteiger charge is 2.39. The molecular weight excluding hydrogens is 319 g/mol. The number of carboxylic acid groups (broad SMARTS) is 1. The number of aromatic nitrogens is 1. The minimum atomic E-state index is -4.57. The average molecular weight is 331 g/mol. The van der Waals surface area contributed by atoms with Crippen LogP contribution in [0.25, 0.3) is 10.2 Å². The number of anilines is 1. The molecule has 0 atom stereocenters. The molecule has 0 radical (unpaired) electrons. The van der Waals surface area contributed by atoms with Crippen molar-refractivity contribution in [2.24, 2.45) is 0 Å². The lowest BCUT2D eigenvalue weighted by Crippen LogP contribution is -2.44. The summed E-state index contributed by atoms with van der Waals surface area (Å²) in [5, 5.41) is 13.3. The lowest BCUT2D eigenvalue weighted by molar-refractivity contribution is -0.135. The van der Waals surface area contributed by atoms with Gasteiger partial charge < -0.3 is 15.3 Å². The van der Waals surface area contributed by atoms with Gasteiger partial charge in [0, 0.05) is 31.6 Å². The van der Waals surface area contributed by atoms with Gasteiger partial charge in [0.05, 0.1) is 33.2 Å². The van der Waals surface area contributed by atoms with E-state index in [1.807, 2.05) is 0 Å². The maximum absolute atomic E-state index is 13.5. The first-order chi connectivity index (χ1) is 10.4. The largest absolute Gasteiger partial charge is 0.478 e. The molecule has 2 aromatic rings. The first-order valence-electron chi connectivity index (χ1n) is 6.56. The van der Waals surface area contributed by atoms with Gasteiger partial charge in [-0.05, 0) is 0 Å². The van der Waals surface area contributed by atoms with Gasteiger partial charge in [0.2, 0.25) is 0 Å². The lowest BCUT2D eigenvalue weighted by atomic mass is 10.1. The molecule has 0 saturated carbocycles. The van der Waals surface area contributed by atoms with Crippen molar-refractivity contribution in [3.05, 3.63) is 22.7 Å². The minimum absolute atomic E-state index is 0.0142. The predicted molar refractivity (Wildman–Crippen MR) is 76.7 cm³/mol. The van der Waals surface area contributed by atoms with E-state index < -0.39 is 17.7 Å². The number of pyridine rings is 1. The molecule has 0 spiro atoms. The molecular formula is C13H12F3N3O2S. The summed E-state index contributed by atoms with van der Waals surface area (Å²) in [6, 6.07) is 0. The fraction of sp³-hybridized carbons (Fsp3) is 0.385. The molecule has 0 bridgehead atoms. The second kappa shape index (κ2) is 5.40. The Hall–Kier alpha value is -1.87. The quantitative estimate of drug-likeness (QED) is 0.885. The molecule has 5 nitrogen and oxygen atoms in total. The summed E-state index contributed by atoms with van der Waals surface area (Å²) in [5.41, 5.74) is -1.08. The zero-order valence-corrected chi connectivity index (χ0v) is 12.1. The number of piperazine rings is 1. The van der Waals surface area contributed by atoms with Gasteiger partial charge in [-0.2, -0.15) is 13.2 Å². The monoisotopic (exact) mass is 331 g/mol. The molecule has 1 aliphatic heterocycles. The zero-order chi connectivity index (χ0) is 15.9. The molecule has 0 amide bonds. The van der Waals surface area contributed by atoms with Crippen LogP contribution in [0.3, 0.4) is 0 Å². The number of rotatable bonds is 2. The number of nitrogens with zero attached hydrogens (tertiary/aromatic N) is 2. The van der Waals surface area contributed by atoms with E-state index >= 15 is 0 Å². The number of nitrogens with one attached hydrogen (secondary N) is 1. The topological polar surface area (TPSA) is 65.5 Å². The SMILES string of the molecule is O=C(O)c1csc2c(C(F)(F)F)c(N3CCNCC3)cnc12. The van der Waals surface area contributed by atoms with Crippen molar-refractivity contribution in [3.8, 4) is 0 Å². The number of carbonyl (C=O) groups is 1. The van der Waals surface area contributed by atoms with Crippen molar-refractivity contribution in [1.29, 1.82) is 0 Å². The molecule has 1 fully saturated rings. The van der Waals surface area contributed by atoms with Gasteiger partial charge in [-0.1, -0.05) is 0 Å². The van der Waals surface area contributed by atoms with Crippen molar-refractivity contribution >= 4 is 33.2 Å². The smallest absolute Gasteiger partial charge is 0.419 e. The Balaban J connectivity index is 2.22. The highest BCUT2D eigenvalue weighted by Crippen LogP contribution is 2.43. The Labute approximate surface area is 127 Å². The standard InChI is InChI=1S/C13H12F3N3O2S/c14-13(15,16)9-8(19-3-1-17-2-4-19)5-18-10-7(12(20)21)6-22-11(9)10/h5-6,17H,1-4H2,(H,20,21). The number of carboxylic acids is 1. The Morgan fingerprint density at radius 2 is 2.05 bits per heavy atom. The zero-order valence-electron chi connectivity index (χ0n) is 11.3. The molecule has 1 aliphatic rings. The number of fused-ring (bicyclic) bond motifs is 1. The van der Waals surface area contributed by atoms with Crippen molar-refractivity contribution in [2.75, 3.05) is 31.1 Å². The highest BCUT2D eigenvalue weighted by atomic mass is 32.1. The van der Waals surface area contributed by atoms with Crippen LogP contribution < -0.4 is 10.2 Å². The van der Waals surface area contributed by atoms with Gasteiger partial charge in [-0.3, -0.25) is 4.98 Å². The molecule has 9 heteroatoms. The second-order valence-corrected chi connectivity index (χ2v) is 5.77. The molecule has 0 unspecified atom stereocenters. The first kappa shape index (κ1) is 15.0. The lowest BCUT2D eigenvalue weighted by Gasteiger charge is -2.31. The molecule has 1 saturated heterocycles. The summed E-state index contributed by atoms with van der Waals surface area (Å²) in [7, 11) is 0. The van der Waals surface area contributed by atoms with Crippen molar-refractivity contribution in [1.82, 2.24) is 10.3 Å². The summed E-state index contributed by atoms with van der Waals surface area (Å²) >= 11 is 0.768. The Morgan fingerprint density at radius 1 is 1.36 bits per heavy atom. The molecule has 3 heterocycles. The van der Waals surface area contributed by atoms with Gasteiger partial charge in [0.1, 0.15) is 0 Å². The van der Waals surface area contributed by atoms with Gasteiger partial charge in [0.15, 0.2) is 0 Å². The Bertz CT molecular complexity index is 723. The number of alkyl halides is 3. The molecule has 0 aromatic carbocycles. The third kappa shape index (κ3) is 2.50. The van der Waals surface area contributed by atoms with E-state index in [-0.39, 0.29) is 21.5 Å². The van der Waals surface area contributed by atoms with Gasteiger partial charge in [0.25, 0.3) is 0 Å². The fourth-order valence-electron chi connectivity index (χ4n) is 2.54. The number of hydrogen-bond donors (Lipinski definition) is 2. The summed E-state index contributed by atoms with van der Waals surface area (Å²) in [6.07, 6.45) is -3.43. The fourth-order valence-corrected chi connectivity index (χ4v) is 3.60. The Kier molecular flexibility index (Phi) is 3.69. The first-order valence-corrected chi connectivity index (χ1v) is 7.44. The van der Waals surface area contributed by atoms with Crippen molar-refractivity contribution in [2.45, 2.75) is 6.18 Å². The van der Waals surface area contributed by atoms with Crippen LogP contribution in [-0.4, -0.2) is 42.2 Å². The summed E-state index contributed by atoms with van der Waals surface area (Å²) in [4.78, 5) is 16.7. The normalized spacial score (nSPS) is 16.2. The molecule has 3 rings (SSSR count). The third-order valence-electron chi connectivity index (χ3n) is 3.54. The number of hydrogen-bond acceptors (Lipinski definition) is 5. The van der Waals surface area contributed by atoms with Crippen LogP contribution >= 0.6 is 11.3 Å². The van der Waals surface area contributed by atoms with E-state index in [4.69, 9.17) is 5.11 Å². The van der Waals surface area contributed by atoms with Crippen LogP contribution in [0.5, 0.6) is 0 Å². The molecule has 2 N–H and O–H groups in total. The second-order valence-electron chi connectivity index (χ2n) is 4.89. The Morgan fingerprint density at radius 3 is 2.64 bits per heavy atom. The van der Waals surface area contributed by atoms with E-state index in [9.17, 15) is 18.0 Å². The molecule has 118 valence electrons. The summed E-state index contributed by atoms with van der Waals surface area (Å²) in [6.45, 7) is 2.10. The number of aromatic carboxylic acids is 1. The summed E-state index contributed by atoms with van der Waals surface area (Å²) in [5.74, 6) is -1.28. The maximum atomic E-state index is 13.5. The van der Waals surface area contributed by atoms with Gasteiger partial charge in [-0.25, -0.2) is 4.79 Å².